The van der Waals surface area contributed by atoms with Crippen LogP contribution in [0.2, 0.25) is 13.1 Å². The quantitative estimate of drug-likeness (QED) is 0.393. The maximum atomic E-state index is 2.27. The lowest BCUT2D eigenvalue weighted by Gasteiger charge is -1.84. The number of allylic oxidation sites excluding steroid dienone is 3. The summed E-state index contributed by atoms with van der Waals surface area (Å²) in [6.07, 6.45) is 6.23. The summed E-state index contributed by atoms with van der Waals surface area (Å²) in [6.45, 7) is 6.57. The van der Waals surface area contributed by atoms with Crippen LogP contribution in [0.25, 0.3) is 0 Å². The van der Waals surface area contributed by atoms with Gasteiger partial charge in [-0.2, -0.15) is 0 Å². The summed E-state index contributed by atoms with van der Waals surface area (Å²) < 4.78 is 0. The molecule has 0 bridgehead atoms. The summed E-state index contributed by atoms with van der Waals surface area (Å²) >= 11 is 0. The zero-order chi connectivity index (χ0) is 6.41. The highest BCUT2D eigenvalue weighted by atomic mass is 28.3. The van der Waals surface area contributed by atoms with Crippen molar-refractivity contribution in [2.24, 2.45) is 0 Å². The Morgan fingerprint density at radius 2 is 1.75 bits per heavy atom. The number of hydrogen-bond acceptors (Lipinski definition) is 0. The van der Waals surface area contributed by atoms with Crippen LogP contribution in [0.15, 0.2) is 23.9 Å². The molecule has 0 aliphatic heterocycles. The summed E-state index contributed by atoms with van der Waals surface area (Å²) in [5, 5.41) is 0. The monoisotopic (exact) mass is 125 g/mol. The third kappa shape index (κ3) is 5.70. The highest BCUT2D eigenvalue weighted by Crippen LogP contribution is 1.82. The minimum Gasteiger partial charge on any atom is -0.0967 e. The summed E-state index contributed by atoms with van der Waals surface area (Å²) in [6, 6.07) is 0. The molecule has 0 aromatic rings. The van der Waals surface area contributed by atoms with Crippen LogP contribution in [0.3, 0.4) is 0 Å². The van der Waals surface area contributed by atoms with Gasteiger partial charge in [-0.1, -0.05) is 37.0 Å². The molecule has 0 nitrogen and oxygen atoms in total. The average molecular weight is 125 g/mol. The molecule has 0 spiro atoms. The van der Waals surface area contributed by atoms with Crippen molar-refractivity contribution < 1.29 is 0 Å². The van der Waals surface area contributed by atoms with Crippen LogP contribution in [0.5, 0.6) is 0 Å². The fourth-order valence-corrected chi connectivity index (χ4v) is 0.855. The van der Waals surface area contributed by atoms with Crippen molar-refractivity contribution in [3.05, 3.63) is 23.9 Å². The Morgan fingerprint density at radius 1 is 1.12 bits per heavy atom. The molecule has 0 rings (SSSR count). The van der Waals surface area contributed by atoms with Crippen molar-refractivity contribution in [1.82, 2.24) is 0 Å². The minimum absolute atomic E-state index is 0.139. The lowest BCUT2D eigenvalue weighted by molar-refractivity contribution is 1.74. The van der Waals surface area contributed by atoms with Crippen molar-refractivity contribution in [2.75, 3.05) is 0 Å². The van der Waals surface area contributed by atoms with E-state index >= 15 is 0 Å². The Kier molecular flexibility index (Phi) is 4.66. The molecule has 0 aromatic heterocycles. The summed E-state index contributed by atoms with van der Waals surface area (Å²) in [5.74, 6) is 0. The van der Waals surface area contributed by atoms with E-state index in [1.54, 1.807) is 0 Å². The van der Waals surface area contributed by atoms with Crippen LogP contribution in [0, 0.1) is 0 Å². The Hall–Kier alpha value is -0.303. The second-order valence-electron chi connectivity index (χ2n) is 1.96. The third-order valence-corrected chi connectivity index (χ3v) is 1.59. The molecule has 0 amide bonds. The van der Waals surface area contributed by atoms with E-state index in [4.69, 9.17) is 0 Å². The lowest BCUT2D eigenvalue weighted by Crippen LogP contribution is -1.90. The fourth-order valence-electron chi connectivity index (χ4n) is 0.359. The Morgan fingerprint density at radius 3 is 2.12 bits per heavy atom. The standard InChI is InChI=1S/C7H13Si/c1-4-5-6-7-8(2)3/h4-7H,1-3H3. The number of rotatable bonds is 2. The van der Waals surface area contributed by atoms with Crippen LogP contribution in [0.1, 0.15) is 6.92 Å². The molecule has 45 valence electrons. The van der Waals surface area contributed by atoms with Crippen molar-refractivity contribution in [3.8, 4) is 0 Å². The van der Waals surface area contributed by atoms with Crippen LogP contribution in [-0.2, 0) is 0 Å². The normalized spacial score (nSPS) is 12.5. The van der Waals surface area contributed by atoms with E-state index in [9.17, 15) is 0 Å². The van der Waals surface area contributed by atoms with Gasteiger partial charge >= 0.3 is 0 Å². The zero-order valence-corrected chi connectivity index (χ0v) is 6.81. The first-order valence-corrected chi connectivity index (χ1v) is 5.44. The van der Waals surface area contributed by atoms with Crippen molar-refractivity contribution in [3.63, 3.8) is 0 Å². The SMILES string of the molecule is CC=CC=C[Si](C)C. The van der Waals surface area contributed by atoms with Crippen LogP contribution < -0.4 is 0 Å². The van der Waals surface area contributed by atoms with E-state index in [1.165, 1.54) is 0 Å². The second-order valence-corrected chi connectivity index (χ2v) is 4.45. The van der Waals surface area contributed by atoms with Crippen molar-refractivity contribution >= 4 is 8.80 Å². The molecule has 8 heavy (non-hydrogen) atoms. The average Bonchev–Trinajstić information content (AvgIpc) is 1.66. The largest absolute Gasteiger partial charge is 0.0967 e. The highest BCUT2D eigenvalue weighted by Gasteiger charge is 1.81. The van der Waals surface area contributed by atoms with Gasteiger partial charge in [0, 0.05) is 0 Å². The lowest BCUT2D eigenvalue weighted by atomic mass is 10.5. The molecule has 0 N–H and O–H groups in total. The first kappa shape index (κ1) is 7.70. The molecule has 0 heterocycles. The molecule has 0 aliphatic carbocycles. The van der Waals surface area contributed by atoms with E-state index in [-0.39, 0.29) is 8.80 Å². The minimum atomic E-state index is -0.139. The summed E-state index contributed by atoms with van der Waals surface area (Å²) in [5.41, 5.74) is 2.27. The van der Waals surface area contributed by atoms with E-state index in [0.29, 0.717) is 0 Å². The first-order chi connectivity index (χ1) is 3.77. The predicted octanol–water partition coefficient (Wildman–Crippen LogP) is 2.41. The Bertz CT molecular complexity index is 90.6. The Balaban J connectivity index is 3.34. The van der Waals surface area contributed by atoms with Gasteiger partial charge in [-0.25, -0.2) is 0 Å². The smallest absolute Gasteiger partial charge is 0.0693 e. The molecule has 0 fully saturated rings. The van der Waals surface area contributed by atoms with E-state index < -0.39 is 0 Å². The molecule has 0 atom stereocenters. The molecular weight excluding hydrogens is 112 g/mol. The van der Waals surface area contributed by atoms with Crippen LogP contribution in [0.4, 0.5) is 0 Å². The maximum absolute atomic E-state index is 2.27. The van der Waals surface area contributed by atoms with Gasteiger partial charge < -0.3 is 0 Å². The fraction of sp³-hybridized carbons (Fsp3) is 0.429. The van der Waals surface area contributed by atoms with Crippen molar-refractivity contribution in [2.45, 2.75) is 20.0 Å². The van der Waals surface area contributed by atoms with Gasteiger partial charge in [-0.05, 0) is 6.92 Å². The predicted molar refractivity (Wildman–Crippen MR) is 41.4 cm³/mol. The topological polar surface area (TPSA) is 0 Å². The van der Waals surface area contributed by atoms with Gasteiger partial charge in [0.1, 0.15) is 0 Å². The van der Waals surface area contributed by atoms with Gasteiger partial charge in [-0.3, -0.25) is 0 Å². The molecular formula is C7H13Si. The van der Waals surface area contributed by atoms with Gasteiger partial charge in [-0.15, -0.1) is 0 Å². The third-order valence-electron chi connectivity index (χ3n) is 0.733. The molecule has 0 unspecified atom stereocenters. The van der Waals surface area contributed by atoms with Gasteiger partial charge in [0.25, 0.3) is 0 Å². The van der Waals surface area contributed by atoms with E-state index in [1.807, 2.05) is 13.0 Å². The zero-order valence-electron chi connectivity index (χ0n) is 5.81. The number of hydrogen-bond donors (Lipinski definition) is 0. The van der Waals surface area contributed by atoms with Gasteiger partial charge in [0.2, 0.25) is 0 Å². The molecule has 0 saturated carbocycles. The first-order valence-electron chi connectivity index (χ1n) is 2.87. The summed E-state index contributed by atoms with van der Waals surface area (Å²) in [4.78, 5) is 0. The van der Waals surface area contributed by atoms with Gasteiger partial charge in [0.15, 0.2) is 0 Å². The molecule has 1 heteroatoms. The molecule has 0 saturated heterocycles. The van der Waals surface area contributed by atoms with Crippen molar-refractivity contribution in [1.29, 1.82) is 0 Å². The molecule has 0 aliphatic rings. The molecule has 0 aromatic carbocycles. The second kappa shape index (κ2) is 4.85. The maximum Gasteiger partial charge on any atom is 0.0693 e. The highest BCUT2D eigenvalue weighted by molar-refractivity contribution is 6.61. The molecule has 1 radical (unpaired) electrons. The van der Waals surface area contributed by atoms with Crippen LogP contribution in [-0.4, -0.2) is 8.80 Å². The van der Waals surface area contributed by atoms with E-state index in [0.717, 1.165) is 0 Å². The van der Waals surface area contributed by atoms with Crippen LogP contribution >= 0.6 is 0 Å². The summed E-state index contributed by atoms with van der Waals surface area (Å²) in [7, 11) is -0.139. The van der Waals surface area contributed by atoms with Gasteiger partial charge in [0.05, 0.1) is 8.80 Å². The Labute approximate surface area is 53.5 Å². The van der Waals surface area contributed by atoms with E-state index in [2.05, 4.69) is 30.9 Å².